The molecule has 0 saturated carbocycles. The van der Waals surface area contributed by atoms with Crippen LogP contribution in [0.2, 0.25) is 0 Å². The summed E-state index contributed by atoms with van der Waals surface area (Å²) < 4.78 is 5.32. The van der Waals surface area contributed by atoms with Crippen molar-refractivity contribution < 1.29 is 14.3 Å². The third-order valence-electron chi connectivity index (χ3n) is 5.98. The van der Waals surface area contributed by atoms with Gasteiger partial charge in [0.1, 0.15) is 0 Å². The lowest BCUT2D eigenvalue weighted by molar-refractivity contribution is -0.136. The summed E-state index contributed by atoms with van der Waals surface area (Å²) in [6.45, 7) is 4.79. The number of carbonyl (C=O) groups is 2. The van der Waals surface area contributed by atoms with E-state index >= 15 is 0 Å². The van der Waals surface area contributed by atoms with Gasteiger partial charge in [-0.15, -0.1) is 0 Å². The highest BCUT2D eigenvalue weighted by molar-refractivity contribution is 5.83. The number of hydrogen-bond donors (Lipinski definition) is 2. The van der Waals surface area contributed by atoms with Crippen molar-refractivity contribution in [1.82, 2.24) is 25.4 Å². The van der Waals surface area contributed by atoms with Crippen LogP contribution in [-0.4, -0.2) is 84.1 Å². The Balaban J connectivity index is 1.29. The Morgan fingerprint density at radius 3 is 2.96 bits per heavy atom. The predicted molar refractivity (Wildman–Crippen MR) is 103 cm³/mol. The highest BCUT2D eigenvalue weighted by Gasteiger charge is 2.43. The van der Waals surface area contributed by atoms with E-state index in [1.54, 1.807) is 6.20 Å². The number of carbonyl (C=O) groups excluding carboxylic acids is 2. The van der Waals surface area contributed by atoms with Crippen molar-refractivity contribution in [1.29, 1.82) is 0 Å². The zero-order chi connectivity index (χ0) is 19.3. The largest absolute Gasteiger partial charge is 0.378 e. The van der Waals surface area contributed by atoms with Crippen LogP contribution in [0, 0.1) is 0 Å². The molecule has 28 heavy (non-hydrogen) atoms. The molecule has 3 saturated heterocycles. The second-order valence-electron chi connectivity index (χ2n) is 7.78. The Labute approximate surface area is 165 Å². The number of pyridine rings is 1. The first kappa shape index (κ1) is 19.3. The van der Waals surface area contributed by atoms with Gasteiger partial charge in [-0.3, -0.25) is 19.5 Å². The Morgan fingerprint density at radius 1 is 1.32 bits per heavy atom. The van der Waals surface area contributed by atoms with Gasteiger partial charge in [-0.2, -0.15) is 0 Å². The monoisotopic (exact) mass is 387 g/mol. The molecule has 4 rings (SSSR count). The molecule has 3 aliphatic rings. The van der Waals surface area contributed by atoms with Gasteiger partial charge in [-0.1, -0.05) is 6.07 Å². The summed E-state index contributed by atoms with van der Waals surface area (Å²) >= 11 is 0. The van der Waals surface area contributed by atoms with Gasteiger partial charge in [0.05, 0.1) is 24.9 Å². The highest BCUT2D eigenvalue weighted by Crippen LogP contribution is 2.26. The summed E-state index contributed by atoms with van der Waals surface area (Å²) in [5.41, 5.74) is 1.00. The first-order valence-electron chi connectivity index (χ1n) is 10.2. The van der Waals surface area contributed by atoms with Crippen LogP contribution in [0.1, 0.15) is 25.0 Å². The van der Waals surface area contributed by atoms with Crippen molar-refractivity contribution in [2.45, 2.75) is 43.9 Å². The van der Waals surface area contributed by atoms with E-state index in [4.69, 9.17) is 4.74 Å². The number of aromatic nitrogens is 1. The van der Waals surface area contributed by atoms with Crippen LogP contribution in [0.15, 0.2) is 24.4 Å². The minimum Gasteiger partial charge on any atom is -0.378 e. The molecule has 3 atom stereocenters. The van der Waals surface area contributed by atoms with Crippen molar-refractivity contribution in [3.8, 4) is 0 Å². The smallest absolute Gasteiger partial charge is 0.237 e. The maximum Gasteiger partial charge on any atom is 0.237 e. The quantitative estimate of drug-likeness (QED) is 0.700. The van der Waals surface area contributed by atoms with Gasteiger partial charge in [0, 0.05) is 57.4 Å². The van der Waals surface area contributed by atoms with Crippen LogP contribution in [0.3, 0.4) is 0 Å². The fraction of sp³-hybridized carbons (Fsp3) is 0.650. The number of amides is 2. The number of nitrogens with zero attached hydrogens (tertiary/aromatic N) is 3. The van der Waals surface area contributed by atoms with Crippen molar-refractivity contribution in [3.05, 3.63) is 30.1 Å². The van der Waals surface area contributed by atoms with Crippen molar-refractivity contribution in [2.75, 3.05) is 39.4 Å². The second kappa shape index (κ2) is 8.98. The molecule has 0 bridgehead atoms. The Hall–Kier alpha value is -2.03. The first-order valence-corrected chi connectivity index (χ1v) is 10.2. The SMILES string of the molecule is O=C1NCC(CCC(=O)N2CCOCC2)N2CC(NCc3ccccn3)CC12. The molecule has 1 aromatic rings. The molecule has 3 aliphatic heterocycles. The summed E-state index contributed by atoms with van der Waals surface area (Å²) in [4.78, 5) is 33.3. The van der Waals surface area contributed by atoms with Gasteiger partial charge >= 0.3 is 0 Å². The molecule has 0 aliphatic carbocycles. The minimum atomic E-state index is -0.0986. The maximum atomic E-state index is 12.5. The molecule has 3 fully saturated rings. The van der Waals surface area contributed by atoms with E-state index in [-0.39, 0.29) is 29.9 Å². The fourth-order valence-electron chi connectivity index (χ4n) is 4.40. The normalized spacial score (nSPS) is 28.1. The molecule has 0 radical (unpaired) electrons. The Kier molecular flexibility index (Phi) is 6.19. The van der Waals surface area contributed by atoms with E-state index in [0.29, 0.717) is 45.8 Å². The number of nitrogens with one attached hydrogen (secondary N) is 2. The third-order valence-corrected chi connectivity index (χ3v) is 5.98. The van der Waals surface area contributed by atoms with E-state index in [1.807, 2.05) is 23.1 Å². The molecule has 2 amide bonds. The van der Waals surface area contributed by atoms with E-state index in [0.717, 1.165) is 25.1 Å². The number of piperazine rings is 1. The van der Waals surface area contributed by atoms with Crippen LogP contribution < -0.4 is 10.6 Å². The zero-order valence-electron chi connectivity index (χ0n) is 16.2. The molecule has 1 aromatic heterocycles. The van der Waals surface area contributed by atoms with Crippen LogP contribution in [0.5, 0.6) is 0 Å². The van der Waals surface area contributed by atoms with Crippen molar-refractivity contribution in [3.63, 3.8) is 0 Å². The van der Waals surface area contributed by atoms with Gasteiger partial charge in [-0.05, 0) is 25.0 Å². The third kappa shape index (κ3) is 4.51. The van der Waals surface area contributed by atoms with E-state index in [9.17, 15) is 9.59 Å². The molecule has 8 heteroatoms. The van der Waals surface area contributed by atoms with E-state index in [2.05, 4.69) is 20.5 Å². The van der Waals surface area contributed by atoms with Crippen LogP contribution >= 0.6 is 0 Å². The standard InChI is InChI=1S/C20H29N5O3/c26-19(24-7-9-28-10-8-24)5-4-17-13-23-20(27)18-11-16(14-25(17)18)22-12-15-3-1-2-6-21-15/h1-3,6,16-18,22H,4-5,7-14H2,(H,23,27). The lowest BCUT2D eigenvalue weighted by Gasteiger charge is -2.37. The van der Waals surface area contributed by atoms with Crippen LogP contribution in [-0.2, 0) is 20.9 Å². The van der Waals surface area contributed by atoms with Gasteiger partial charge in [0.2, 0.25) is 11.8 Å². The molecule has 152 valence electrons. The lowest BCUT2D eigenvalue weighted by Crippen LogP contribution is -2.58. The molecular formula is C20H29N5O3. The fourth-order valence-corrected chi connectivity index (χ4v) is 4.40. The Bertz CT molecular complexity index is 680. The summed E-state index contributed by atoms with van der Waals surface area (Å²) in [6, 6.07) is 6.27. The van der Waals surface area contributed by atoms with Crippen LogP contribution in [0.25, 0.3) is 0 Å². The molecular weight excluding hydrogens is 358 g/mol. The molecule has 4 heterocycles. The predicted octanol–water partition coefficient (Wildman–Crippen LogP) is -0.248. The topological polar surface area (TPSA) is 86.8 Å². The summed E-state index contributed by atoms with van der Waals surface area (Å²) in [5.74, 6) is 0.304. The molecule has 0 aromatic carbocycles. The first-order chi connectivity index (χ1) is 13.7. The van der Waals surface area contributed by atoms with Gasteiger partial charge < -0.3 is 20.3 Å². The summed E-state index contributed by atoms with van der Waals surface area (Å²) in [5, 5.41) is 6.57. The van der Waals surface area contributed by atoms with E-state index in [1.165, 1.54) is 0 Å². The molecule has 2 N–H and O–H groups in total. The summed E-state index contributed by atoms with van der Waals surface area (Å²) in [6.07, 6.45) is 3.90. The molecule has 3 unspecified atom stereocenters. The average molecular weight is 387 g/mol. The highest BCUT2D eigenvalue weighted by atomic mass is 16.5. The van der Waals surface area contributed by atoms with E-state index < -0.39 is 0 Å². The number of morpholine rings is 1. The number of ether oxygens (including phenoxy) is 1. The zero-order valence-corrected chi connectivity index (χ0v) is 16.2. The minimum absolute atomic E-state index is 0.0986. The average Bonchev–Trinajstić information content (AvgIpc) is 3.18. The van der Waals surface area contributed by atoms with Crippen molar-refractivity contribution >= 4 is 11.8 Å². The van der Waals surface area contributed by atoms with Gasteiger partial charge in [-0.25, -0.2) is 0 Å². The molecule has 0 spiro atoms. The number of fused-ring (bicyclic) bond motifs is 1. The number of rotatable bonds is 6. The van der Waals surface area contributed by atoms with Gasteiger partial charge in [0.25, 0.3) is 0 Å². The second-order valence-corrected chi connectivity index (χ2v) is 7.78. The van der Waals surface area contributed by atoms with Crippen molar-refractivity contribution in [2.24, 2.45) is 0 Å². The van der Waals surface area contributed by atoms with Gasteiger partial charge in [0.15, 0.2) is 0 Å². The lowest BCUT2D eigenvalue weighted by atomic mass is 10.0. The maximum absolute atomic E-state index is 12.5. The summed E-state index contributed by atoms with van der Waals surface area (Å²) in [7, 11) is 0. The number of hydrogen-bond acceptors (Lipinski definition) is 6. The Morgan fingerprint density at radius 2 is 2.18 bits per heavy atom. The van der Waals surface area contributed by atoms with Crippen LogP contribution in [0.4, 0.5) is 0 Å². The molecule has 8 nitrogen and oxygen atoms in total.